The average Bonchev–Trinajstić information content (AvgIpc) is 2.38. The van der Waals surface area contributed by atoms with E-state index in [0.717, 1.165) is 29.3 Å². The molecule has 2 atom stereocenters. The van der Waals surface area contributed by atoms with Gasteiger partial charge in [-0.2, -0.15) is 0 Å². The Bertz CT molecular complexity index is 418. The van der Waals surface area contributed by atoms with Crippen LogP contribution in [0, 0.1) is 3.57 Å². The second-order valence-corrected chi connectivity index (χ2v) is 6.09. The predicted octanol–water partition coefficient (Wildman–Crippen LogP) is 2.67. The lowest BCUT2D eigenvalue weighted by atomic mass is 9.91. The Labute approximate surface area is 121 Å². The van der Waals surface area contributed by atoms with Gasteiger partial charge in [-0.05, 0) is 59.7 Å². The molecule has 1 aromatic carbocycles. The number of hydrogen-bond acceptors (Lipinski definition) is 2. The van der Waals surface area contributed by atoms with Gasteiger partial charge in [0.15, 0.2) is 0 Å². The molecule has 0 heterocycles. The second kappa shape index (κ2) is 6.02. The van der Waals surface area contributed by atoms with Gasteiger partial charge in [0, 0.05) is 16.2 Å². The van der Waals surface area contributed by atoms with Crippen molar-refractivity contribution < 1.29 is 9.90 Å². The Morgan fingerprint density at radius 3 is 2.50 bits per heavy atom. The Morgan fingerprint density at radius 2 is 1.89 bits per heavy atom. The van der Waals surface area contributed by atoms with Gasteiger partial charge in [-0.3, -0.25) is 4.79 Å². The number of hydrogen-bond donors (Lipinski definition) is 1. The van der Waals surface area contributed by atoms with Crippen molar-refractivity contribution >= 4 is 28.5 Å². The van der Waals surface area contributed by atoms with E-state index in [1.807, 2.05) is 24.3 Å². The minimum atomic E-state index is -0.378. The molecule has 1 aliphatic rings. The van der Waals surface area contributed by atoms with Gasteiger partial charge in [-0.25, -0.2) is 0 Å². The third kappa shape index (κ3) is 3.03. The minimum absolute atomic E-state index is 0.00245. The van der Waals surface area contributed by atoms with Gasteiger partial charge >= 0.3 is 0 Å². The molecule has 0 unspecified atom stereocenters. The fourth-order valence-corrected chi connectivity index (χ4v) is 2.85. The summed E-state index contributed by atoms with van der Waals surface area (Å²) in [4.78, 5) is 14.0. The highest BCUT2D eigenvalue weighted by atomic mass is 127. The number of halogens is 1. The van der Waals surface area contributed by atoms with Crippen LogP contribution in [0.25, 0.3) is 0 Å². The summed E-state index contributed by atoms with van der Waals surface area (Å²) < 4.78 is 1.12. The number of carbonyl (C=O) groups excluding carboxylic acids is 1. The van der Waals surface area contributed by atoms with Crippen molar-refractivity contribution in [2.75, 3.05) is 7.05 Å². The minimum Gasteiger partial charge on any atom is -0.391 e. The molecular formula is C14H18INO2. The molecule has 1 amide bonds. The summed E-state index contributed by atoms with van der Waals surface area (Å²) in [5.41, 5.74) is 0.690. The number of aliphatic hydroxyl groups is 1. The van der Waals surface area contributed by atoms with E-state index in [-0.39, 0.29) is 18.1 Å². The zero-order chi connectivity index (χ0) is 13.1. The topological polar surface area (TPSA) is 40.5 Å². The molecule has 4 heteroatoms. The molecule has 0 bridgehead atoms. The Hall–Kier alpha value is -0.620. The van der Waals surface area contributed by atoms with Crippen LogP contribution in [0.1, 0.15) is 36.0 Å². The zero-order valence-corrected chi connectivity index (χ0v) is 12.6. The van der Waals surface area contributed by atoms with Gasteiger partial charge in [0.2, 0.25) is 0 Å². The second-order valence-electron chi connectivity index (χ2n) is 4.84. The molecule has 0 aliphatic heterocycles. The molecule has 1 aromatic rings. The maximum Gasteiger partial charge on any atom is 0.253 e. The van der Waals surface area contributed by atoms with Gasteiger partial charge in [0.25, 0.3) is 5.91 Å². The fraction of sp³-hybridized carbons (Fsp3) is 0.500. The highest BCUT2D eigenvalue weighted by Gasteiger charge is 2.29. The number of carbonyl (C=O) groups is 1. The molecule has 0 spiro atoms. The van der Waals surface area contributed by atoms with Crippen molar-refractivity contribution in [2.45, 2.75) is 37.8 Å². The molecule has 1 aliphatic carbocycles. The number of rotatable bonds is 2. The molecule has 1 N–H and O–H groups in total. The first-order chi connectivity index (χ1) is 8.59. The van der Waals surface area contributed by atoms with Crippen LogP contribution in [0.3, 0.4) is 0 Å². The molecule has 3 nitrogen and oxygen atoms in total. The van der Waals surface area contributed by atoms with Crippen LogP contribution in [0.5, 0.6) is 0 Å². The summed E-state index contributed by atoms with van der Waals surface area (Å²) >= 11 is 2.22. The number of likely N-dealkylation sites (N-methyl/N-ethyl adjacent to an activating group) is 1. The van der Waals surface area contributed by atoms with Gasteiger partial charge < -0.3 is 10.0 Å². The zero-order valence-electron chi connectivity index (χ0n) is 10.5. The number of amides is 1. The van der Waals surface area contributed by atoms with Crippen LogP contribution >= 0.6 is 22.6 Å². The lowest BCUT2D eigenvalue weighted by Gasteiger charge is -2.35. The molecule has 18 heavy (non-hydrogen) atoms. The highest BCUT2D eigenvalue weighted by Crippen LogP contribution is 2.23. The molecule has 1 saturated carbocycles. The van der Waals surface area contributed by atoms with Crippen LogP contribution in [-0.4, -0.2) is 35.1 Å². The van der Waals surface area contributed by atoms with E-state index < -0.39 is 0 Å². The Kier molecular flexibility index (Phi) is 4.61. The van der Waals surface area contributed by atoms with Gasteiger partial charge in [-0.1, -0.05) is 12.8 Å². The van der Waals surface area contributed by atoms with Crippen molar-refractivity contribution in [1.29, 1.82) is 0 Å². The monoisotopic (exact) mass is 359 g/mol. The Balaban J connectivity index is 2.10. The summed E-state index contributed by atoms with van der Waals surface area (Å²) in [5, 5.41) is 9.98. The first-order valence-electron chi connectivity index (χ1n) is 6.30. The summed E-state index contributed by atoms with van der Waals surface area (Å²) in [6, 6.07) is 7.51. The average molecular weight is 359 g/mol. The number of benzene rings is 1. The smallest absolute Gasteiger partial charge is 0.253 e. The van der Waals surface area contributed by atoms with Crippen LogP contribution in [0.2, 0.25) is 0 Å². The van der Waals surface area contributed by atoms with Crippen molar-refractivity contribution in [2.24, 2.45) is 0 Å². The molecular weight excluding hydrogens is 341 g/mol. The van der Waals surface area contributed by atoms with E-state index in [0.29, 0.717) is 5.56 Å². The molecule has 1 fully saturated rings. The lowest BCUT2D eigenvalue weighted by molar-refractivity contribution is 0.0268. The third-order valence-corrected chi connectivity index (χ3v) is 4.32. The van der Waals surface area contributed by atoms with E-state index in [1.54, 1.807) is 11.9 Å². The predicted molar refractivity (Wildman–Crippen MR) is 79.5 cm³/mol. The van der Waals surface area contributed by atoms with Gasteiger partial charge in [0.05, 0.1) is 12.1 Å². The third-order valence-electron chi connectivity index (χ3n) is 3.60. The van der Waals surface area contributed by atoms with E-state index >= 15 is 0 Å². The summed E-state index contributed by atoms with van der Waals surface area (Å²) in [5.74, 6) is -0.00245. The van der Waals surface area contributed by atoms with Crippen molar-refractivity contribution in [3.8, 4) is 0 Å². The maximum absolute atomic E-state index is 12.3. The summed E-state index contributed by atoms with van der Waals surface area (Å²) in [6.45, 7) is 0. The summed E-state index contributed by atoms with van der Waals surface area (Å²) in [7, 11) is 1.79. The van der Waals surface area contributed by atoms with E-state index in [9.17, 15) is 9.90 Å². The molecule has 0 aromatic heterocycles. The quantitative estimate of drug-likeness (QED) is 0.825. The normalized spacial score (nSPS) is 23.7. The maximum atomic E-state index is 12.3. The van der Waals surface area contributed by atoms with Crippen LogP contribution in [-0.2, 0) is 0 Å². The first kappa shape index (κ1) is 13.8. The largest absolute Gasteiger partial charge is 0.391 e. The molecule has 0 saturated heterocycles. The molecule has 0 radical (unpaired) electrons. The van der Waals surface area contributed by atoms with E-state index in [2.05, 4.69) is 22.6 Å². The number of nitrogens with zero attached hydrogens (tertiary/aromatic N) is 1. The van der Waals surface area contributed by atoms with Gasteiger partial charge in [0.1, 0.15) is 0 Å². The standard InChI is InChI=1S/C14H18INO2/c1-16(12-4-2-3-5-13(12)17)14(18)10-6-8-11(15)9-7-10/h6-9,12-13,17H,2-5H2,1H3/t12-,13+/m0/s1. The molecule has 2 rings (SSSR count). The van der Waals surface area contributed by atoms with Crippen molar-refractivity contribution in [3.63, 3.8) is 0 Å². The van der Waals surface area contributed by atoms with Crippen molar-refractivity contribution in [3.05, 3.63) is 33.4 Å². The highest BCUT2D eigenvalue weighted by molar-refractivity contribution is 14.1. The van der Waals surface area contributed by atoms with Crippen LogP contribution in [0.15, 0.2) is 24.3 Å². The molecule has 98 valence electrons. The van der Waals surface area contributed by atoms with Gasteiger partial charge in [-0.15, -0.1) is 0 Å². The van der Waals surface area contributed by atoms with E-state index in [1.165, 1.54) is 0 Å². The van der Waals surface area contributed by atoms with Crippen molar-refractivity contribution in [1.82, 2.24) is 4.90 Å². The van der Waals surface area contributed by atoms with Crippen LogP contribution in [0.4, 0.5) is 0 Å². The lowest BCUT2D eigenvalue weighted by Crippen LogP contribution is -2.46. The SMILES string of the molecule is CN(C(=O)c1ccc(I)cc1)[C@H]1CCCC[C@H]1O. The van der Waals surface area contributed by atoms with E-state index in [4.69, 9.17) is 0 Å². The van der Waals surface area contributed by atoms with Crippen LogP contribution < -0.4 is 0 Å². The number of aliphatic hydroxyl groups excluding tert-OH is 1. The Morgan fingerprint density at radius 1 is 1.28 bits per heavy atom. The summed E-state index contributed by atoms with van der Waals surface area (Å²) in [6.07, 6.45) is 3.47. The fourth-order valence-electron chi connectivity index (χ4n) is 2.49. The first-order valence-corrected chi connectivity index (χ1v) is 7.38.